The third-order valence-corrected chi connectivity index (χ3v) is 5.17. The molecule has 2 aromatic rings. The number of fused-ring (bicyclic) bond motifs is 1. The average molecular weight is 403 g/mol. The topological polar surface area (TPSA) is 106 Å². The maximum absolute atomic E-state index is 12.5. The highest BCUT2D eigenvalue weighted by Crippen LogP contribution is 2.29. The van der Waals surface area contributed by atoms with Gasteiger partial charge in [0.15, 0.2) is 6.10 Å². The number of rotatable bonds is 9. The number of carboxylic acid groups (broad SMARTS) is 1. The van der Waals surface area contributed by atoms with Gasteiger partial charge in [0.25, 0.3) is 5.91 Å². The van der Waals surface area contributed by atoms with Crippen LogP contribution < -0.4 is 15.7 Å². The number of hydrogen-bond acceptors (Lipinski definition) is 5. The predicted molar refractivity (Wildman–Crippen MR) is 110 cm³/mol. The Morgan fingerprint density at radius 3 is 2.52 bits per heavy atom. The third kappa shape index (κ3) is 5.16. The van der Waals surface area contributed by atoms with Gasteiger partial charge in [0.2, 0.25) is 0 Å². The molecule has 29 heavy (non-hydrogen) atoms. The van der Waals surface area contributed by atoms with Crippen molar-refractivity contribution in [2.75, 3.05) is 0 Å². The second kappa shape index (κ2) is 9.58. The van der Waals surface area contributed by atoms with Crippen molar-refractivity contribution in [3.8, 4) is 5.75 Å². The summed E-state index contributed by atoms with van der Waals surface area (Å²) in [6.45, 7) is 8.99. The van der Waals surface area contributed by atoms with Crippen LogP contribution in [0.15, 0.2) is 27.4 Å². The Bertz CT molecular complexity index is 948. The molecule has 158 valence electrons. The minimum Gasteiger partial charge on any atom is -0.480 e. The van der Waals surface area contributed by atoms with E-state index in [1.165, 1.54) is 6.07 Å². The lowest BCUT2D eigenvalue weighted by Crippen LogP contribution is -2.49. The number of carbonyl (C=O) groups excluding carboxylic acids is 1. The van der Waals surface area contributed by atoms with Gasteiger partial charge in [-0.1, -0.05) is 33.6 Å². The van der Waals surface area contributed by atoms with Gasteiger partial charge in [0, 0.05) is 17.0 Å². The maximum atomic E-state index is 12.5. The summed E-state index contributed by atoms with van der Waals surface area (Å²) in [6.07, 6.45) is 1.36. The summed E-state index contributed by atoms with van der Waals surface area (Å²) in [5.41, 5.74) is 1.55. The number of amides is 1. The molecule has 1 amide bonds. The van der Waals surface area contributed by atoms with Crippen molar-refractivity contribution in [3.63, 3.8) is 0 Å². The van der Waals surface area contributed by atoms with E-state index in [2.05, 4.69) is 5.32 Å². The van der Waals surface area contributed by atoms with E-state index < -0.39 is 29.6 Å². The van der Waals surface area contributed by atoms with Gasteiger partial charge in [-0.3, -0.25) is 4.79 Å². The minimum atomic E-state index is -1.08. The van der Waals surface area contributed by atoms with Crippen LogP contribution in [0.4, 0.5) is 0 Å². The van der Waals surface area contributed by atoms with Crippen molar-refractivity contribution < 1.29 is 23.8 Å². The zero-order valence-corrected chi connectivity index (χ0v) is 17.6. The molecule has 0 saturated carbocycles. The van der Waals surface area contributed by atoms with Crippen LogP contribution in [0.25, 0.3) is 11.0 Å². The first kappa shape index (κ1) is 22.5. The van der Waals surface area contributed by atoms with Crippen molar-refractivity contribution in [2.24, 2.45) is 5.92 Å². The van der Waals surface area contributed by atoms with E-state index in [4.69, 9.17) is 9.15 Å². The smallest absolute Gasteiger partial charge is 0.336 e. The molecule has 7 heteroatoms. The van der Waals surface area contributed by atoms with E-state index in [0.717, 1.165) is 23.8 Å². The molecule has 0 aliphatic carbocycles. The number of aliphatic carboxylic acids is 1. The molecular weight excluding hydrogens is 374 g/mol. The lowest BCUT2D eigenvalue weighted by Gasteiger charge is -2.23. The van der Waals surface area contributed by atoms with Gasteiger partial charge in [-0.05, 0) is 43.9 Å². The van der Waals surface area contributed by atoms with Gasteiger partial charge >= 0.3 is 11.6 Å². The first-order chi connectivity index (χ1) is 13.7. The molecule has 0 aliphatic rings. The van der Waals surface area contributed by atoms with Crippen LogP contribution in [0.3, 0.4) is 0 Å². The van der Waals surface area contributed by atoms with Crippen molar-refractivity contribution in [3.05, 3.63) is 39.7 Å². The highest BCUT2D eigenvalue weighted by Gasteiger charge is 2.28. The van der Waals surface area contributed by atoms with E-state index in [1.54, 1.807) is 26.8 Å². The molecule has 2 N–H and O–H groups in total. The standard InChI is InChI=1S/C22H29NO6/c1-6-8-15-11-18(24)29-20-13(4)17(10-9-16(15)20)28-14(5)21(25)23-19(22(26)27)12(3)7-2/h9-12,14,19H,6-8H2,1-5H3,(H,23,25)(H,26,27)/t12-,14-,19-/m1/s1. The van der Waals surface area contributed by atoms with E-state index in [9.17, 15) is 19.5 Å². The molecular formula is C22H29NO6. The van der Waals surface area contributed by atoms with E-state index >= 15 is 0 Å². The van der Waals surface area contributed by atoms with Crippen molar-refractivity contribution in [2.45, 2.75) is 66.0 Å². The van der Waals surface area contributed by atoms with Crippen LogP contribution in [-0.2, 0) is 16.0 Å². The molecule has 0 aliphatic heterocycles. The fourth-order valence-electron chi connectivity index (χ4n) is 3.21. The van der Waals surface area contributed by atoms with Gasteiger partial charge in [-0.2, -0.15) is 0 Å². The summed E-state index contributed by atoms with van der Waals surface area (Å²) in [5, 5.41) is 12.7. The molecule has 0 bridgehead atoms. The molecule has 0 radical (unpaired) electrons. The zero-order chi connectivity index (χ0) is 21.7. The second-order valence-electron chi connectivity index (χ2n) is 7.38. The molecule has 0 spiro atoms. The predicted octanol–water partition coefficient (Wildman–Crippen LogP) is 3.44. The van der Waals surface area contributed by atoms with E-state index in [-0.39, 0.29) is 5.92 Å². The molecule has 1 aromatic carbocycles. The van der Waals surface area contributed by atoms with Crippen molar-refractivity contribution >= 4 is 22.8 Å². The molecule has 0 saturated heterocycles. The number of benzene rings is 1. The number of carbonyl (C=O) groups is 2. The summed E-state index contributed by atoms with van der Waals surface area (Å²) >= 11 is 0. The zero-order valence-electron chi connectivity index (χ0n) is 17.6. The van der Waals surface area contributed by atoms with Crippen LogP contribution in [0.2, 0.25) is 0 Å². The maximum Gasteiger partial charge on any atom is 0.336 e. The normalized spacial score (nSPS) is 14.2. The fraction of sp³-hybridized carbons (Fsp3) is 0.500. The quantitative estimate of drug-likeness (QED) is 0.621. The van der Waals surface area contributed by atoms with Gasteiger partial charge in [0.05, 0.1) is 0 Å². The minimum absolute atomic E-state index is 0.211. The molecule has 0 fully saturated rings. The van der Waals surface area contributed by atoms with Crippen LogP contribution in [-0.4, -0.2) is 29.1 Å². The third-order valence-electron chi connectivity index (χ3n) is 5.17. The van der Waals surface area contributed by atoms with Crippen LogP contribution in [0.5, 0.6) is 5.75 Å². The van der Waals surface area contributed by atoms with Gasteiger partial charge in [-0.15, -0.1) is 0 Å². The lowest BCUT2D eigenvalue weighted by atomic mass is 9.99. The Morgan fingerprint density at radius 2 is 1.93 bits per heavy atom. The SMILES string of the molecule is CCCc1cc(=O)oc2c(C)c(O[C@H](C)C(=O)N[C@@H](C(=O)O)[C@H](C)CC)ccc12. The van der Waals surface area contributed by atoms with Crippen LogP contribution >= 0.6 is 0 Å². The first-order valence-corrected chi connectivity index (χ1v) is 9.95. The monoisotopic (exact) mass is 403 g/mol. The Kier molecular flexibility index (Phi) is 7.42. The van der Waals surface area contributed by atoms with Crippen molar-refractivity contribution in [1.29, 1.82) is 0 Å². The summed E-state index contributed by atoms with van der Waals surface area (Å²) < 4.78 is 11.2. The average Bonchev–Trinajstić information content (AvgIpc) is 2.67. The Labute approximate surface area is 170 Å². The van der Waals surface area contributed by atoms with Crippen LogP contribution in [0.1, 0.15) is 51.7 Å². The largest absolute Gasteiger partial charge is 0.480 e. The first-order valence-electron chi connectivity index (χ1n) is 9.95. The number of carboxylic acids is 1. The Morgan fingerprint density at radius 1 is 1.24 bits per heavy atom. The lowest BCUT2D eigenvalue weighted by molar-refractivity contribution is -0.144. The van der Waals surface area contributed by atoms with E-state index in [0.29, 0.717) is 23.3 Å². The van der Waals surface area contributed by atoms with Gasteiger partial charge in [0.1, 0.15) is 17.4 Å². The summed E-state index contributed by atoms with van der Waals surface area (Å²) in [6, 6.07) is 4.08. The molecule has 7 nitrogen and oxygen atoms in total. The highest BCUT2D eigenvalue weighted by atomic mass is 16.5. The summed E-state index contributed by atoms with van der Waals surface area (Å²) in [4.78, 5) is 35.8. The molecule has 3 atom stereocenters. The Hall–Kier alpha value is -2.83. The van der Waals surface area contributed by atoms with Crippen molar-refractivity contribution in [1.82, 2.24) is 5.32 Å². The summed E-state index contributed by atoms with van der Waals surface area (Å²) in [7, 11) is 0. The second-order valence-corrected chi connectivity index (χ2v) is 7.38. The molecule has 2 rings (SSSR count). The number of nitrogens with one attached hydrogen (secondary N) is 1. The Balaban J connectivity index is 2.27. The molecule has 0 unspecified atom stereocenters. The molecule has 1 aromatic heterocycles. The van der Waals surface area contributed by atoms with Gasteiger partial charge < -0.3 is 19.6 Å². The summed E-state index contributed by atoms with van der Waals surface area (Å²) in [5.74, 6) is -1.39. The fourth-order valence-corrected chi connectivity index (χ4v) is 3.21. The van der Waals surface area contributed by atoms with E-state index in [1.807, 2.05) is 19.9 Å². The molecule has 1 heterocycles. The van der Waals surface area contributed by atoms with Gasteiger partial charge in [-0.25, -0.2) is 9.59 Å². The number of aryl methyl sites for hydroxylation is 2. The van der Waals surface area contributed by atoms with Crippen LogP contribution in [0, 0.1) is 12.8 Å². The highest BCUT2D eigenvalue weighted by molar-refractivity contribution is 5.87. The number of hydrogen-bond donors (Lipinski definition) is 2. The number of ether oxygens (including phenoxy) is 1.